The van der Waals surface area contributed by atoms with Crippen molar-refractivity contribution in [3.8, 4) is 0 Å². The molecular weight excluding hydrogens is 304 g/mol. The van der Waals surface area contributed by atoms with Crippen molar-refractivity contribution in [3.05, 3.63) is 12.2 Å². The van der Waals surface area contributed by atoms with Crippen LogP contribution in [0.2, 0.25) is 0 Å². The number of carbonyl (C=O) groups is 1. The Morgan fingerprint density at radius 2 is 1.92 bits per heavy atom. The number of esters is 1. The van der Waals surface area contributed by atoms with Crippen molar-refractivity contribution in [1.29, 1.82) is 0 Å². The number of unbranched alkanes of at least 4 members (excludes halogenated alkanes) is 1. The minimum Gasteiger partial charge on any atom is -0.461 e. The zero-order chi connectivity index (χ0) is 17.9. The quantitative estimate of drug-likeness (QED) is 0.543. The van der Waals surface area contributed by atoms with Crippen LogP contribution in [0.3, 0.4) is 0 Å². The molecule has 0 aromatic heterocycles. The van der Waals surface area contributed by atoms with Gasteiger partial charge in [0.25, 0.3) is 0 Å². The van der Waals surface area contributed by atoms with Gasteiger partial charge in [-0.15, -0.1) is 0 Å². The van der Waals surface area contributed by atoms with Crippen LogP contribution in [0.25, 0.3) is 0 Å². The van der Waals surface area contributed by atoms with E-state index in [1.165, 1.54) is 39.0 Å². The molecule has 0 aromatic rings. The van der Waals surface area contributed by atoms with Crippen LogP contribution in [-0.4, -0.2) is 35.0 Å². The number of ether oxygens (including phenoxy) is 1. The molecule has 4 nitrogen and oxygen atoms in total. The number of hydrogen-bond acceptors (Lipinski definition) is 4. The Morgan fingerprint density at radius 3 is 2.50 bits per heavy atom. The monoisotopic (exact) mass is 340 g/mol. The molecule has 4 atom stereocenters. The normalized spacial score (nSPS) is 26.8. The highest BCUT2D eigenvalue weighted by molar-refractivity contribution is 5.66. The summed E-state index contributed by atoms with van der Waals surface area (Å²) in [5, 5.41) is 19.1. The molecule has 2 aliphatic rings. The van der Waals surface area contributed by atoms with E-state index in [1.807, 2.05) is 0 Å². The van der Waals surface area contributed by atoms with Crippen LogP contribution in [0.4, 0.5) is 0 Å². The average Bonchev–Trinajstić information content (AvgIpc) is 3.02. The Bertz CT molecular complexity index is 380. The van der Waals surface area contributed by atoms with Gasteiger partial charge in [-0.2, -0.15) is 0 Å². The standard InChI is InChI=1S/C11H20O3.C9H16O/c1-4-5-6-11(13)7-9(2)8-14-10(3)12;10-9-6-2-4-7-3-1-5-8(7)9/h11,13H,2,4-8H2,1,3H3;7-10H,1-6H2. The van der Waals surface area contributed by atoms with Crippen LogP contribution >= 0.6 is 0 Å². The maximum Gasteiger partial charge on any atom is 0.302 e. The number of hydrogen-bond donors (Lipinski definition) is 2. The lowest BCUT2D eigenvalue weighted by molar-refractivity contribution is -0.140. The van der Waals surface area contributed by atoms with Gasteiger partial charge in [0.05, 0.1) is 12.2 Å². The number of aliphatic hydroxyl groups is 2. The Balaban J connectivity index is 0.000000250. The summed E-state index contributed by atoms with van der Waals surface area (Å²) in [6, 6.07) is 0. The van der Waals surface area contributed by atoms with Gasteiger partial charge >= 0.3 is 5.97 Å². The lowest BCUT2D eigenvalue weighted by Crippen LogP contribution is -2.28. The highest BCUT2D eigenvalue weighted by Gasteiger charge is 2.35. The maximum absolute atomic E-state index is 10.5. The van der Waals surface area contributed by atoms with E-state index in [-0.39, 0.29) is 24.8 Å². The maximum atomic E-state index is 10.5. The van der Waals surface area contributed by atoms with Crippen molar-refractivity contribution in [2.45, 2.75) is 90.3 Å². The van der Waals surface area contributed by atoms with E-state index in [2.05, 4.69) is 13.5 Å². The molecule has 0 amide bonds. The number of aliphatic hydroxyl groups excluding tert-OH is 2. The smallest absolute Gasteiger partial charge is 0.302 e. The number of carbonyl (C=O) groups excluding carboxylic acids is 1. The molecule has 2 aliphatic carbocycles. The summed E-state index contributed by atoms with van der Waals surface area (Å²) in [7, 11) is 0. The van der Waals surface area contributed by atoms with Crippen molar-refractivity contribution in [3.63, 3.8) is 0 Å². The summed E-state index contributed by atoms with van der Waals surface area (Å²) >= 11 is 0. The molecule has 2 N–H and O–H groups in total. The Kier molecular flexibility index (Phi) is 10.3. The van der Waals surface area contributed by atoms with Gasteiger partial charge in [0, 0.05) is 6.92 Å². The molecule has 2 fully saturated rings. The van der Waals surface area contributed by atoms with Gasteiger partial charge in [-0.25, -0.2) is 0 Å². The summed E-state index contributed by atoms with van der Waals surface area (Å²) < 4.78 is 4.76. The van der Waals surface area contributed by atoms with Crippen molar-refractivity contribution >= 4 is 5.97 Å². The van der Waals surface area contributed by atoms with Crippen LogP contribution in [-0.2, 0) is 9.53 Å². The van der Waals surface area contributed by atoms with Crippen LogP contribution < -0.4 is 0 Å². The van der Waals surface area contributed by atoms with Gasteiger partial charge in [-0.3, -0.25) is 4.79 Å². The van der Waals surface area contributed by atoms with Gasteiger partial charge in [-0.05, 0) is 49.5 Å². The van der Waals surface area contributed by atoms with Crippen LogP contribution in [0.15, 0.2) is 12.2 Å². The summed E-state index contributed by atoms with van der Waals surface area (Å²) in [5.74, 6) is 1.27. The van der Waals surface area contributed by atoms with Gasteiger partial charge in [-0.1, -0.05) is 45.6 Å². The van der Waals surface area contributed by atoms with Crippen molar-refractivity contribution in [1.82, 2.24) is 0 Å². The minimum absolute atomic E-state index is 0.0567. The molecule has 0 spiro atoms. The van der Waals surface area contributed by atoms with Gasteiger partial charge in [0.15, 0.2) is 0 Å². The van der Waals surface area contributed by atoms with Crippen molar-refractivity contribution in [2.24, 2.45) is 11.8 Å². The van der Waals surface area contributed by atoms with Crippen LogP contribution in [0.5, 0.6) is 0 Å². The summed E-state index contributed by atoms with van der Waals surface area (Å²) in [6.45, 7) is 7.40. The van der Waals surface area contributed by atoms with Gasteiger partial charge in [0.2, 0.25) is 0 Å². The fraction of sp³-hybridized carbons (Fsp3) is 0.850. The molecule has 0 bridgehead atoms. The first kappa shape index (κ1) is 21.2. The van der Waals surface area contributed by atoms with Gasteiger partial charge in [0.1, 0.15) is 6.61 Å². The second kappa shape index (κ2) is 11.6. The third-order valence-corrected chi connectivity index (χ3v) is 5.18. The predicted molar refractivity (Wildman–Crippen MR) is 96.6 cm³/mol. The predicted octanol–water partition coefficient (Wildman–Crippen LogP) is 3.99. The lowest BCUT2D eigenvalue weighted by Gasteiger charge is -2.29. The van der Waals surface area contributed by atoms with Crippen molar-refractivity contribution < 1.29 is 19.7 Å². The first-order valence-electron chi connectivity index (χ1n) is 9.60. The van der Waals surface area contributed by atoms with E-state index in [0.29, 0.717) is 12.3 Å². The molecule has 0 aliphatic heterocycles. The number of fused-ring (bicyclic) bond motifs is 1. The van der Waals surface area contributed by atoms with Crippen molar-refractivity contribution in [2.75, 3.05) is 6.61 Å². The molecule has 0 radical (unpaired) electrons. The molecule has 2 saturated carbocycles. The van der Waals surface area contributed by atoms with Crippen LogP contribution in [0, 0.1) is 11.8 Å². The second-order valence-electron chi connectivity index (χ2n) is 7.38. The highest BCUT2D eigenvalue weighted by Crippen LogP contribution is 2.41. The average molecular weight is 341 g/mol. The summed E-state index contributed by atoms with van der Waals surface area (Å²) in [5.41, 5.74) is 0.767. The third kappa shape index (κ3) is 8.29. The molecule has 0 saturated heterocycles. The molecule has 2 rings (SSSR count). The van der Waals surface area contributed by atoms with E-state index < -0.39 is 0 Å². The van der Waals surface area contributed by atoms with Crippen LogP contribution in [0.1, 0.15) is 78.1 Å². The van der Waals surface area contributed by atoms with E-state index in [1.54, 1.807) is 0 Å². The molecule has 0 heterocycles. The molecule has 4 unspecified atom stereocenters. The number of rotatable bonds is 7. The Hall–Kier alpha value is -0.870. The Morgan fingerprint density at radius 1 is 1.25 bits per heavy atom. The summed E-state index contributed by atoms with van der Waals surface area (Å²) in [4.78, 5) is 10.5. The van der Waals surface area contributed by atoms with E-state index in [9.17, 15) is 15.0 Å². The fourth-order valence-electron chi connectivity index (χ4n) is 3.87. The highest BCUT2D eigenvalue weighted by atomic mass is 16.5. The van der Waals surface area contributed by atoms with E-state index >= 15 is 0 Å². The molecular formula is C20H36O4. The minimum atomic E-state index is -0.349. The molecule has 4 heteroatoms. The van der Waals surface area contributed by atoms with Gasteiger partial charge < -0.3 is 14.9 Å². The molecule has 0 aromatic carbocycles. The lowest BCUT2D eigenvalue weighted by atomic mass is 9.80. The summed E-state index contributed by atoms with van der Waals surface area (Å²) in [6.07, 6.45) is 10.9. The first-order valence-corrected chi connectivity index (χ1v) is 9.60. The zero-order valence-corrected chi connectivity index (χ0v) is 15.5. The zero-order valence-electron chi connectivity index (χ0n) is 15.5. The fourth-order valence-corrected chi connectivity index (χ4v) is 3.87. The van der Waals surface area contributed by atoms with E-state index in [0.717, 1.165) is 37.2 Å². The van der Waals surface area contributed by atoms with E-state index in [4.69, 9.17) is 4.74 Å². The SMILES string of the molecule is C=C(COC(C)=O)CC(O)CCCC.OC1CCCC2CCCC12. The molecule has 140 valence electrons. The Labute approximate surface area is 147 Å². The molecule has 24 heavy (non-hydrogen) atoms. The largest absolute Gasteiger partial charge is 0.461 e. The first-order chi connectivity index (χ1) is 11.4. The topological polar surface area (TPSA) is 66.8 Å². The second-order valence-corrected chi connectivity index (χ2v) is 7.38. The third-order valence-electron chi connectivity index (χ3n) is 5.18.